The molecule has 1 atom stereocenters. The monoisotopic (exact) mass is 677 g/mol. The van der Waals surface area contributed by atoms with Gasteiger partial charge in [0.15, 0.2) is 6.10 Å². The highest BCUT2D eigenvalue weighted by Crippen LogP contribution is 2.14. The maximum atomic E-state index is 12.1. The van der Waals surface area contributed by atoms with E-state index in [-0.39, 0.29) is 25.2 Å². The molecule has 0 aliphatic heterocycles. The van der Waals surface area contributed by atoms with Gasteiger partial charge in [-0.3, -0.25) is 9.59 Å². The summed E-state index contributed by atoms with van der Waals surface area (Å²) in [7, 11) is 0. The van der Waals surface area contributed by atoms with Crippen LogP contribution in [0.25, 0.3) is 0 Å². The van der Waals surface area contributed by atoms with Crippen molar-refractivity contribution in [1.82, 2.24) is 0 Å². The molecule has 0 bridgehead atoms. The van der Waals surface area contributed by atoms with Gasteiger partial charge in [-0.25, -0.2) is 0 Å². The Bertz CT molecular complexity index is 731. The highest BCUT2D eigenvalue weighted by molar-refractivity contribution is 5.70. The van der Waals surface area contributed by atoms with E-state index < -0.39 is 6.10 Å². The van der Waals surface area contributed by atoms with Crippen molar-refractivity contribution >= 4 is 11.9 Å². The number of unbranched alkanes of at least 4 members (excludes halogenated alkanes) is 26. The molecular weight excluding hydrogens is 596 g/mol. The molecule has 1 N–H and O–H groups in total. The Hall–Kier alpha value is -1.62. The second kappa shape index (κ2) is 39.8. The van der Waals surface area contributed by atoms with Crippen LogP contribution in [-0.2, 0) is 19.1 Å². The van der Waals surface area contributed by atoms with E-state index in [9.17, 15) is 14.7 Å². The van der Waals surface area contributed by atoms with Gasteiger partial charge < -0.3 is 14.6 Å². The van der Waals surface area contributed by atoms with Gasteiger partial charge in [-0.15, -0.1) is 0 Å². The van der Waals surface area contributed by atoms with Gasteiger partial charge >= 0.3 is 11.9 Å². The second-order valence-corrected chi connectivity index (χ2v) is 14.1. The number of carbonyl (C=O) groups is 2. The zero-order chi connectivity index (χ0) is 35.0. The van der Waals surface area contributed by atoms with Gasteiger partial charge in [-0.05, 0) is 64.2 Å². The molecule has 5 heteroatoms. The van der Waals surface area contributed by atoms with Crippen LogP contribution in [-0.4, -0.2) is 36.4 Å². The number of hydrogen-bond donors (Lipinski definition) is 1. The quantitative estimate of drug-likeness (QED) is 0.0400. The van der Waals surface area contributed by atoms with Crippen molar-refractivity contribution in [3.05, 3.63) is 24.3 Å². The van der Waals surface area contributed by atoms with E-state index in [2.05, 4.69) is 38.2 Å². The fourth-order valence-corrected chi connectivity index (χ4v) is 6.01. The number of esters is 2. The summed E-state index contributed by atoms with van der Waals surface area (Å²) in [5, 5.41) is 9.55. The SMILES string of the molecule is CCCCCCC=CCCCCCCCC(=O)O[C@@H](CO)COC(=O)CCCCCCCCCCCCCC=CCCCCCCCC. The van der Waals surface area contributed by atoms with Crippen molar-refractivity contribution in [2.75, 3.05) is 13.2 Å². The number of allylic oxidation sites excluding steroid dienone is 4. The first-order valence-corrected chi connectivity index (χ1v) is 20.9. The molecule has 0 aliphatic carbocycles. The summed E-state index contributed by atoms with van der Waals surface area (Å²) in [5.41, 5.74) is 0. The van der Waals surface area contributed by atoms with Crippen LogP contribution < -0.4 is 0 Å². The molecule has 0 amide bonds. The molecule has 282 valence electrons. The third-order valence-corrected chi connectivity index (χ3v) is 9.22. The zero-order valence-corrected chi connectivity index (χ0v) is 32.0. The molecular formula is C43H80O5. The van der Waals surface area contributed by atoms with Crippen LogP contribution >= 0.6 is 0 Å². The second-order valence-electron chi connectivity index (χ2n) is 14.1. The molecule has 48 heavy (non-hydrogen) atoms. The van der Waals surface area contributed by atoms with E-state index in [0.29, 0.717) is 12.8 Å². The van der Waals surface area contributed by atoms with E-state index in [1.54, 1.807) is 0 Å². The van der Waals surface area contributed by atoms with Gasteiger partial charge in [0.2, 0.25) is 0 Å². The average molecular weight is 677 g/mol. The van der Waals surface area contributed by atoms with E-state index in [1.807, 2.05) is 0 Å². The van der Waals surface area contributed by atoms with Crippen LogP contribution in [0, 0.1) is 0 Å². The third-order valence-electron chi connectivity index (χ3n) is 9.22. The van der Waals surface area contributed by atoms with Crippen molar-refractivity contribution in [3.63, 3.8) is 0 Å². The van der Waals surface area contributed by atoms with Gasteiger partial charge in [0.1, 0.15) is 6.61 Å². The van der Waals surface area contributed by atoms with Crippen molar-refractivity contribution < 1.29 is 24.2 Å². The smallest absolute Gasteiger partial charge is 0.306 e. The average Bonchev–Trinajstić information content (AvgIpc) is 3.09. The molecule has 0 saturated heterocycles. The van der Waals surface area contributed by atoms with Crippen LogP contribution in [0.3, 0.4) is 0 Å². The van der Waals surface area contributed by atoms with E-state index in [1.165, 1.54) is 148 Å². The largest absolute Gasteiger partial charge is 0.462 e. The number of ether oxygens (including phenoxy) is 2. The summed E-state index contributed by atoms with van der Waals surface area (Å²) in [5.74, 6) is -0.595. The molecule has 0 aliphatic rings. The molecule has 0 radical (unpaired) electrons. The normalized spacial score (nSPS) is 12.3. The first kappa shape index (κ1) is 46.4. The van der Waals surface area contributed by atoms with E-state index in [0.717, 1.165) is 44.9 Å². The molecule has 0 aromatic rings. The molecule has 0 heterocycles. The van der Waals surface area contributed by atoms with Crippen molar-refractivity contribution in [3.8, 4) is 0 Å². The number of carbonyl (C=O) groups excluding carboxylic acids is 2. The van der Waals surface area contributed by atoms with Crippen LogP contribution in [0.4, 0.5) is 0 Å². The maximum Gasteiger partial charge on any atom is 0.306 e. The van der Waals surface area contributed by atoms with Crippen LogP contribution in [0.1, 0.15) is 219 Å². The highest BCUT2D eigenvalue weighted by Gasteiger charge is 2.16. The lowest BCUT2D eigenvalue weighted by Gasteiger charge is -2.15. The van der Waals surface area contributed by atoms with Crippen LogP contribution in [0.15, 0.2) is 24.3 Å². The first-order chi connectivity index (χ1) is 23.6. The summed E-state index contributed by atoms with van der Waals surface area (Å²) in [6, 6.07) is 0. The molecule has 0 rings (SSSR count). The predicted molar refractivity (Wildman–Crippen MR) is 205 cm³/mol. The van der Waals surface area contributed by atoms with E-state index >= 15 is 0 Å². The van der Waals surface area contributed by atoms with Crippen molar-refractivity contribution in [2.45, 2.75) is 225 Å². The molecule has 0 spiro atoms. The van der Waals surface area contributed by atoms with Gasteiger partial charge in [0, 0.05) is 12.8 Å². The Labute approximate surface area is 298 Å². The van der Waals surface area contributed by atoms with E-state index in [4.69, 9.17) is 9.47 Å². The lowest BCUT2D eigenvalue weighted by molar-refractivity contribution is -0.161. The molecule has 0 fully saturated rings. The van der Waals surface area contributed by atoms with Gasteiger partial charge in [0.05, 0.1) is 6.61 Å². The minimum atomic E-state index is -0.772. The Kier molecular flexibility index (Phi) is 38.5. The van der Waals surface area contributed by atoms with Crippen LogP contribution in [0.2, 0.25) is 0 Å². The van der Waals surface area contributed by atoms with Gasteiger partial charge in [-0.1, -0.05) is 167 Å². The third kappa shape index (κ3) is 37.2. The molecule has 0 aromatic carbocycles. The number of rotatable bonds is 38. The lowest BCUT2D eigenvalue weighted by atomic mass is 10.0. The summed E-state index contributed by atoms with van der Waals surface area (Å²) in [4.78, 5) is 24.3. The van der Waals surface area contributed by atoms with Crippen LogP contribution in [0.5, 0.6) is 0 Å². The molecule has 0 saturated carbocycles. The fraction of sp³-hybridized carbons (Fsp3) is 0.860. The minimum Gasteiger partial charge on any atom is -0.462 e. The molecule has 5 nitrogen and oxygen atoms in total. The Balaban J connectivity index is 3.50. The van der Waals surface area contributed by atoms with Crippen molar-refractivity contribution in [1.29, 1.82) is 0 Å². The topological polar surface area (TPSA) is 72.8 Å². The fourth-order valence-electron chi connectivity index (χ4n) is 6.01. The number of aliphatic hydroxyl groups excluding tert-OH is 1. The Morgan fingerprint density at radius 2 is 0.771 bits per heavy atom. The number of aliphatic hydroxyl groups is 1. The summed E-state index contributed by atoms with van der Waals surface area (Å²) >= 11 is 0. The number of hydrogen-bond acceptors (Lipinski definition) is 5. The lowest BCUT2D eigenvalue weighted by Crippen LogP contribution is -2.28. The summed E-state index contributed by atoms with van der Waals surface area (Å²) in [6.45, 7) is 4.12. The summed E-state index contributed by atoms with van der Waals surface area (Å²) in [6.07, 6.45) is 46.7. The van der Waals surface area contributed by atoms with Gasteiger partial charge in [0.25, 0.3) is 0 Å². The molecule has 0 unspecified atom stereocenters. The zero-order valence-electron chi connectivity index (χ0n) is 32.0. The Morgan fingerprint density at radius 1 is 0.458 bits per heavy atom. The maximum absolute atomic E-state index is 12.1. The first-order valence-electron chi connectivity index (χ1n) is 20.9. The predicted octanol–water partition coefficient (Wildman–Crippen LogP) is 13.1. The Morgan fingerprint density at radius 3 is 1.15 bits per heavy atom. The van der Waals surface area contributed by atoms with Gasteiger partial charge in [-0.2, -0.15) is 0 Å². The minimum absolute atomic E-state index is 0.0663. The highest BCUT2D eigenvalue weighted by atomic mass is 16.6. The summed E-state index contributed by atoms with van der Waals surface area (Å²) < 4.78 is 10.6. The molecule has 0 aromatic heterocycles. The van der Waals surface area contributed by atoms with Crippen molar-refractivity contribution in [2.24, 2.45) is 0 Å². The standard InChI is InChI=1S/C43H80O5/c1-3-5-7-9-11-13-15-17-18-19-20-21-22-23-24-26-27-29-31-33-35-37-42(45)47-40-41(39-44)48-43(46)38-36-34-32-30-28-25-16-14-12-10-8-6-4-2/h14,16-18,41,44H,3-13,15,19-40H2,1-2H3/t41-/m0/s1.